The molecule has 0 bridgehead atoms. The number of nitrogens with zero attached hydrogens (tertiary/aromatic N) is 1. The number of rotatable bonds is 2. The van der Waals surface area contributed by atoms with E-state index in [4.69, 9.17) is 10.5 Å². The number of fused-ring (bicyclic) bond motifs is 1. The van der Waals surface area contributed by atoms with E-state index in [1.807, 2.05) is 6.07 Å². The lowest BCUT2D eigenvalue weighted by Gasteiger charge is -2.02. The molecule has 0 fully saturated rings. The van der Waals surface area contributed by atoms with Crippen molar-refractivity contribution in [3.8, 4) is 5.88 Å². The van der Waals surface area contributed by atoms with Crippen LogP contribution in [0.3, 0.4) is 0 Å². The number of carbonyl (C=O) groups is 1. The molecule has 0 atom stereocenters. The fourth-order valence-electron chi connectivity index (χ4n) is 1.37. The van der Waals surface area contributed by atoms with Crippen molar-refractivity contribution in [1.82, 2.24) is 4.98 Å². The molecule has 2 N–H and O–H groups in total. The number of carbonyl (C=O) groups excluding carboxylic acids is 1. The second-order valence-electron chi connectivity index (χ2n) is 3.13. The summed E-state index contributed by atoms with van der Waals surface area (Å²) in [6.45, 7) is 0. The van der Waals surface area contributed by atoms with Gasteiger partial charge in [0.2, 0.25) is 11.8 Å². The maximum absolute atomic E-state index is 10.9. The van der Waals surface area contributed by atoms with Gasteiger partial charge < -0.3 is 10.5 Å². The van der Waals surface area contributed by atoms with Crippen LogP contribution in [-0.2, 0) is 0 Å². The van der Waals surface area contributed by atoms with Gasteiger partial charge in [-0.2, -0.15) is 0 Å². The van der Waals surface area contributed by atoms with E-state index in [1.54, 1.807) is 31.4 Å². The molecule has 0 radical (unpaired) electrons. The molecule has 0 spiro atoms. The lowest BCUT2D eigenvalue weighted by molar-refractivity contribution is 0.100. The minimum absolute atomic E-state index is 0.437. The Balaban J connectivity index is 2.59. The van der Waals surface area contributed by atoms with Gasteiger partial charge in [-0.3, -0.25) is 4.79 Å². The van der Waals surface area contributed by atoms with Gasteiger partial charge in [0.05, 0.1) is 12.6 Å². The van der Waals surface area contributed by atoms with Gasteiger partial charge in [0, 0.05) is 17.0 Å². The zero-order valence-electron chi connectivity index (χ0n) is 8.23. The summed E-state index contributed by atoms with van der Waals surface area (Å²) in [5.41, 5.74) is 6.43. The summed E-state index contributed by atoms with van der Waals surface area (Å²) in [4.78, 5) is 15.2. The standard InChI is InChI=1S/C11H10N2O2/c1-15-10-5-3-7-6-8(11(12)14)2-4-9(7)13-10/h2-6H,1H3,(H2,12,14). The second kappa shape index (κ2) is 3.57. The molecule has 2 rings (SSSR count). The number of benzene rings is 1. The van der Waals surface area contributed by atoms with E-state index < -0.39 is 5.91 Å². The van der Waals surface area contributed by atoms with Gasteiger partial charge in [-0.05, 0) is 24.3 Å². The third-order valence-corrected chi connectivity index (χ3v) is 2.16. The van der Waals surface area contributed by atoms with Crippen LogP contribution >= 0.6 is 0 Å². The van der Waals surface area contributed by atoms with E-state index in [2.05, 4.69) is 4.98 Å². The van der Waals surface area contributed by atoms with E-state index >= 15 is 0 Å². The summed E-state index contributed by atoms with van der Waals surface area (Å²) >= 11 is 0. The first-order valence-corrected chi connectivity index (χ1v) is 4.45. The first kappa shape index (κ1) is 9.45. The smallest absolute Gasteiger partial charge is 0.248 e. The Kier molecular flexibility index (Phi) is 2.25. The maximum atomic E-state index is 10.9. The summed E-state index contributed by atoms with van der Waals surface area (Å²) in [6, 6.07) is 8.69. The lowest BCUT2D eigenvalue weighted by Crippen LogP contribution is -2.10. The predicted molar refractivity (Wildman–Crippen MR) is 56.8 cm³/mol. The Morgan fingerprint density at radius 2 is 2.13 bits per heavy atom. The van der Waals surface area contributed by atoms with Crippen LogP contribution in [0.5, 0.6) is 5.88 Å². The molecule has 1 amide bonds. The maximum Gasteiger partial charge on any atom is 0.248 e. The van der Waals surface area contributed by atoms with Crippen LogP contribution in [-0.4, -0.2) is 18.0 Å². The number of aromatic nitrogens is 1. The zero-order chi connectivity index (χ0) is 10.8. The Morgan fingerprint density at radius 1 is 1.33 bits per heavy atom. The molecule has 1 aromatic carbocycles. The first-order chi connectivity index (χ1) is 7.20. The van der Waals surface area contributed by atoms with E-state index in [0.717, 1.165) is 10.9 Å². The number of pyridine rings is 1. The van der Waals surface area contributed by atoms with E-state index in [1.165, 1.54) is 0 Å². The minimum Gasteiger partial charge on any atom is -0.481 e. The third kappa shape index (κ3) is 1.74. The van der Waals surface area contributed by atoms with Gasteiger partial charge in [0.15, 0.2) is 0 Å². The summed E-state index contributed by atoms with van der Waals surface area (Å²) in [5.74, 6) is 0.113. The van der Waals surface area contributed by atoms with Gasteiger partial charge in [0.1, 0.15) is 0 Å². The fourth-order valence-corrected chi connectivity index (χ4v) is 1.37. The van der Waals surface area contributed by atoms with Crippen LogP contribution in [0.15, 0.2) is 30.3 Å². The van der Waals surface area contributed by atoms with Gasteiger partial charge in [-0.1, -0.05) is 0 Å². The molecule has 1 heterocycles. The quantitative estimate of drug-likeness (QED) is 0.799. The number of methoxy groups -OCH3 is 1. The monoisotopic (exact) mass is 202 g/mol. The van der Waals surface area contributed by atoms with Crippen molar-refractivity contribution in [1.29, 1.82) is 0 Å². The topological polar surface area (TPSA) is 65.2 Å². The third-order valence-electron chi connectivity index (χ3n) is 2.16. The lowest BCUT2D eigenvalue weighted by atomic mass is 10.1. The predicted octanol–water partition coefficient (Wildman–Crippen LogP) is 1.34. The molecule has 4 heteroatoms. The summed E-state index contributed by atoms with van der Waals surface area (Å²) < 4.78 is 5.00. The minimum atomic E-state index is -0.437. The molecular formula is C11H10N2O2. The molecule has 15 heavy (non-hydrogen) atoms. The summed E-state index contributed by atoms with van der Waals surface area (Å²) in [5, 5.41) is 0.868. The number of amides is 1. The highest BCUT2D eigenvalue weighted by Gasteiger charge is 2.03. The SMILES string of the molecule is COc1ccc2cc(C(N)=O)ccc2n1. The first-order valence-electron chi connectivity index (χ1n) is 4.45. The van der Waals surface area contributed by atoms with Crippen LogP contribution < -0.4 is 10.5 Å². The van der Waals surface area contributed by atoms with Crippen LogP contribution in [0.2, 0.25) is 0 Å². The van der Waals surface area contributed by atoms with Crippen LogP contribution in [0.1, 0.15) is 10.4 Å². The second-order valence-corrected chi connectivity index (χ2v) is 3.13. The van der Waals surface area contributed by atoms with Crippen molar-refractivity contribution in [3.63, 3.8) is 0 Å². The fraction of sp³-hybridized carbons (Fsp3) is 0.0909. The zero-order valence-corrected chi connectivity index (χ0v) is 8.23. The highest BCUT2D eigenvalue weighted by atomic mass is 16.5. The van der Waals surface area contributed by atoms with Crippen LogP contribution in [0, 0.1) is 0 Å². The normalized spacial score (nSPS) is 10.2. The van der Waals surface area contributed by atoms with Gasteiger partial charge >= 0.3 is 0 Å². The number of ether oxygens (including phenoxy) is 1. The number of primary amides is 1. The van der Waals surface area contributed by atoms with Crippen molar-refractivity contribution in [2.75, 3.05) is 7.11 Å². The Bertz CT molecular complexity index is 523. The van der Waals surface area contributed by atoms with Gasteiger partial charge in [-0.25, -0.2) is 4.98 Å². The molecule has 2 aromatic rings. The molecule has 4 nitrogen and oxygen atoms in total. The van der Waals surface area contributed by atoms with Crippen LogP contribution in [0.4, 0.5) is 0 Å². The van der Waals surface area contributed by atoms with Crippen molar-refractivity contribution in [2.24, 2.45) is 5.73 Å². The van der Waals surface area contributed by atoms with E-state index in [9.17, 15) is 4.79 Å². The summed E-state index contributed by atoms with van der Waals surface area (Å²) in [7, 11) is 1.56. The molecule has 0 saturated carbocycles. The molecule has 0 aliphatic carbocycles. The molecule has 1 aromatic heterocycles. The van der Waals surface area contributed by atoms with Crippen molar-refractivity contribution in [2.45, 2.75) is 0 Å². The van der Waals surface area contributed by atoms with Gasteiger partial charge in [0.25, 0.3) is 0 Å². The molecular weight excluding hydrogens is 192 g/mol. The van der Waals surface area contributed by atoms with Crippen molar-refractivity contribution >= 4 is 16.8 Å². The Hall–Kier alpha value is -2.10. The van der Waals surface area contributed by atoms with Crippen molar-refractivity contribution in [3.05, 3.63) is 35.9 Å². The largest absolute Gasteiger partial charge is 0.481 e. The van der Waals surface area contributed by atoms with Crippen molar-refractivity contribution < 1.29 is 9.53 Å². The molecule has 76 valence electrons. The number of hydrogen-bond acceptors (Lipinski definition) is 3. The average molecular weight is 202 g/mol. The van der Waals surface area contributed by atoms with Crippen LogP contribution in [0.25, 0.3) is 10.9 Å². The number of nitrogens with two attached hydrogens (primary N) is 1. The Labute approximate surface area is 86.7 Å². The van der Waals surface area contributed by atoms with E-state index in [-0.39, 0.29) is 0 Å². The van der Waals surface area contributed by atoms with Gasteiger partial charge in [-0.15, -0.1) is 0 Å². The molecule has 0 unspecified atom stereocenters. The highest BCUT2D eigenvalue weighted by Crippen LogP contribution is 2.17. The molecule has 0 aliphatic rings. The average Bonchev–Trinajstić information content (AvgIpc) is 2.27. The highest BCUT2D eigenvalue weighted by molar-refractivity contribution is 5.96. The Morgan fingerprint density at radius 3 is 2.80 bits per heavy atom. The molecule has 0 saturated heterocycles. The molecule has 0 aliphatic heterocycles. The number of hydrogen-bond donors (Lipinski definition) is 1. The summed E-state index contributed by atoms with van der Waals surface area (Å²) in [6.07, 6.45) is 0. The van der Waals surface area contributed by atoms with E-state index in [0.29, 0.717) is 11.4 Å².